The first-order chi connectivity index (χ1) is 5.50. The molecule has 0 fully saturated rings. The van der Waals surface area contributed by atoms with Crippen LogP contribution in [-0.4, -0.2) is 23.5 Å². The van der Waals surface area contributed by atoms with Gasteiger partial charge in [0.25, 0.3) is 0 Å². The highest BCUT2D eigenvalue weighted by Gasteiger charge is 2.22. The van der Waals surface area contributed by atoms with Gasteiger partial charge in [-0.15, -0.1) is 0 Å². The first-order valence-corrected chi connectivity index (χ1v) is 4.90. The summed E-state index contributed by atoms with van der Waals surface area (Å²) in [6.07, 6.45) is 5.86. The molecule has 0 aliphatic carbocycles. The Morgan fingerprint density at radius 3 is 2.50 bits per heavy atom. The number of hydrogen-bond acceptors (Lipinski definition) is 1. The van der Waals surface area contributed by atoms with Gasteiger partial charge in [-0.05, 0) is 33.1 Å². The zero-order chi connectivity index (χ0) is 9.19. The molecule has 1 rings (SSSR count). The van der Waals surface area contributed by atoms with Crippen LogP contribution in [0.5, 0.6) is 0 Å². The van der Waals surface area contributed by atoms with Gasteiger partial charge in [-0.1, -0.05) is 19.1 Å². The lowest BCUT2D eigenvalue weighted by molar-refractivity contribution is 0.137. The number of allylic oxidation sites excluding steroid dienone is 1. The number of nitrogens with zero attached hydrogens (tertiary/aromatic N) is 1. The minimum atomic E-state index is 0.322. The van der Waals surface area contributed by atoms with E-state index in [1.54, 1.807) is 0 Å². The summed E-state index contributed by atoms with van der Waals surface area (Å²) >= 11 is 0. The van der Waals surface area contributed by atoms with Crippen molar-refractivity contribution in [3.63, 3.8) is 0 Å². The van der Waals surface area contributed by atoms with E-state index < -0.39 is 0 Å². The van der Waals surface area contributed by atoms with E-state index in [0.717, 1.165) is 12.5 Å². The second-order valence-electron chi connectivity index (χ2n) is 4.89. The summed E-state index contributed by atoms with van der Waals surface area (Å²) in [6.45, 7) is 11.6. The van der Waals surface area contributed by atoms with E-state index in [4.69, 9.17) is 0 Å². The third kappa shape index (κ3) is 2.63. The maximum atomic E-state index is 2.54. The third-order valence-electron chi connectivity index (χ3n) is 2.51. The first-order valence-electron chi connectivity index (χ1n) is 4.90. The summed E-state index contributed by atoms with van der Waals surface area (Å²) < 4.78 is 0. The minimum Gasteiger partial charge on any atom is -0.295 e. The largest absolute Gasteiger partial charge is 0.295 e. The molecule has 12 heavy (non-hydrogen) atoms. The fourth-order valence-corrected chi connectivity index (χ4v) is 1.60. The Morgan fingerprint density at radius 1 is 1.25 bits per heavy atom. The fraction of sp³-hybridized carbons (Fsp3) is 0.818. The van der Waals surface area contributed by atoms with E-state index in [2.05, 4.69) is 44.7 Å². The van der Waals surface area contributed by atoms with Crippen molar-refractivity contribution in [2.75, 3.05) is 13.1 Å². The lowest BCUT2D eigenvalue weighted by Crippen LogP contribution is -2.43. The van der Waals surface area contributed by atoms with Gasteiger partial charge in [0.05, 0.1) is 0 Å². The Morgan fingerprint density at radius 2 is 1.92 bits per heavy atom. The van der Waals surface area contributed by atoms with Gasteiger partial charge < -0.3 is 0 Å². The molecule has 0 saturated carbocycles. The zero-order valence-electron chi connectivity index (χ0n) is 8.80. The molecule has 1 aliphatic rings. The van der Waals surface area contributed by atoms with Crippen molar-refractivity contribution in [2.45, 2.75) is 39.7 Å². The molecule has 1 heteroatoms. The predicted octanol–water partition coefficient (Wildman–Crippen LogP) is 2.68. The Bertz CT molecular complexity index is 164. The summed E-state index contributed by atoms with van der Waals surface area (Å²) in [4.78, 5) is 2.54. The highest BCUT2D eigenvalue weighted by molar-refractivity contribution is 4.93. The maximum Gasteiger partial charge on any atom is 0.0168 e. The molecule has 1 aliphatic heterocycles. The van der Waals surface area contributed by atoms with Gasteiger partial charge in [-0.25, -0.2) is 0 Å². The lowest BCUT2D eigenvalue weighted by atomic mass is 10.0. The van der Waals surface area contributed by atoms with Crippen LogP contribution >= 0.6 is 0 Å². The molecule has 0 amide bonds. The average Bonchev–Trinajstić information content (AvgIpc) is 2.11. The quantitative estimate of drug-likeness (QED) is 0.501. The molecule has 0 aromatic carbocycles. The molecule has 0 aromatic rings. The second kappa shape index (κ2) is 3.61. The van der Waals surface area contributed by atoms with Gasteiger partial charge >= 0.3 is 0 Å². The Kier molecular flexibility index (Phi) is 2.94. The average molecular weight is 167 g/mol. The normalized spacial score (nSPS) is 27.2. The van der Waals surface area contributed by atoms with Crippen LogP contribution in [0.2, 0.25) is 0 Å². The molecular formula is C11H21N. The summed E-state index contributed by atoms with van der Waals surface area (Å²) in [5, 5.41) is 0. The summed E-state index contributed by atoms with van der Waals surface area (Å²) in [7, 11) is 0. The zero-order valence-corrected chi connectivity index (χ0v) is 8.80. The molecule has 0 aromatic heterocycles. The van der Waals surface area contributed by atoms with Crippen molar-refractivity contribution in [2.24, 2.45) is 5.92 Å². The van der Waals surface area contributed by atoms with Crippen LogP contribution in [0.3, 0.4) is 0 Å². The van der Waals surface area contributed by atoms with Gasteiger partial charge in [-0.3, -0.25) is 4.90 Å². The van der Waals surface area contributed by atoms with Crippen molar-refractivity contribution in [1.82, 2.24) is 4.90 Å². The van der Waals surface area contributed by atoms with Crippen LogP contribution in [0.25, 0.3) is 0 Å². The van der Waals surface area contributed by atoms with Crippen LogP contribution in [0, 0.1) is 5.92 Å². The molecule has 0 saturated heterocycles. The molecule has 0 N–H and O–H groups in total. The maximum absolute atomic E-state index is 2.54. The molecule has 0 spiro atoms. The van der Waals surface area contributed by atoms with Crippen molar-refractivity contribution < 1.29 is 0 Å². The SMILES string of the molecule is CC1CC=CCN(C(C)(C)C)C1. The Labute approximate surface area is 76.5 Å². The standard InChI is InChI=1S/C11H21N/c1-10-7-5-6-8-12(9-10)11(2,3)4/h5-6,10H,7-9H2,1-4H3. The summed E-state index contributed by atoms with van der Waals surface area (Å²) in [5.41, 5.74) is 0.322. The molecule has 0 radical (unpaired) electrons. The smallest absolute Gasteiger partial charge is 0.0168 e. The van der Waals surface area contributed by atoms with E-state index in [0.29, 0.717) is 5.54 Å². The van der Waals surface area contributed by atoms with E-state index in [-0.39, 0.29) is 0 Å². The first kappa shape index (κ1) is 9.79. The second-order valence-corrected chi connectivity index (χ2v) is 4.89. The van der Waals surface area contributed by atoms with Crippen molar-refractivity contribution in [3.05, 3.63) is 12.2 Å². The molecule has 1 heterocycles. The van der Waals surface area contributed by atoms with E-state index in [1.807, 2.05) is 0 Å². The van der Waals surface area contributed by atoms with Gasteiger partial charge in [0, 0.05) is 18.6 Å². The Hall–Kier alpha value is -0.300. The predicted molar refractivity (Wildman–Crippen MR) is 54.2 cm³/mol. The Balaban J connectivity index is 2.60. The van der Waals surface area contributed by atoms with E-state index in [1.165, 1.54) is 13.0 Å². The van der Waals surface area contributed by atoms with E-state index in [9.17, 15) is 0 Å². The highest BCUT2D eigenvalue weighted by atomic mass is 15.2. The molecule has 1 nitrogen and oxygen atoms in total. The molecule has 1 unspecified atom stereocenters. The van der Waals surface area contributed by atoms with Gasteiger partial charge in [0.2, 0.25) is 0 Å². The van der Waals surface area contributed by atoms with Crippen LogP contribution < -0.4 is 0 Å². The summed E-state index contributed by atoms with van der Waals surface area (Å²) in [6, 6.07) is 0. The van der Waals surface area contributed by atoms with Crippen LogP contribution in [0.1, 0.15) is 34.1 Å². The topological polar surface area (TPSA) is 3.24 Å². The van der Waals surface area contributed by atoms with Crippen molar-refractivity contribution >= 4 is 0 Å². The molecular weight excluding hydrogens is 146 g/mol. The highest BCUT2D eigenvalue weighted by Crippen LogP contribution is 2.19. The minimum absolute atomic E-state index is 0.322. The fourth-order valence-electron chi connectivity index (χ4n) is 1.60. The van der Waals surface area contributed by atoms with Crippen LogP contribution in [-0.2, 0) is 0 Å². The molecule has 70 valence electrons. The van der Waals surface area contributed by atoms with Gasteiger partial charge in [0.15, 0.2) is 0 Å². The molecule has 1 atom stereocenters. The number of hydrogen-bond donors (Lipinski definition) is 0. The van der Waals surface area contributed by atoms with Gasteiger partial charge in [0.1, 0.15) is 0 Å². The van der Waals surface area contributed by atoms with Crippen LogP contribution in [0.4, 0.5) is 0 Å². The summed E-state index contributed by atoms with van der Waals surface area (Å²) in [5.74, 6) is 0.808. The number of rotatable bonds is 0. The van der Waals surface area contributed by atoms with E-state index >= 15 is 0 Å². The van der Waals surface area contributed by atoms with Crippen LogP contribution in [0.15, 0.2) is 12.2 Å². The lowest BCUT2D eigenvalue weighted by Gasteiger charge is -2.35. The third-order valence-corrected chi connectivity index (χ3v) is 2.51. The van der Waals surface area contributed by atoms with Gasteiger partial charge in [-0.2, -0.15) is 0 Å². The molecule has 0 bridgehead atoms. The monoisotopic (exact) mass is 167 g/mol. The van der Waals surface area contributed by atoms with Crippen molar-refractivity contribution in [1.29, 1.82) is 0 Å². The van der Waals surface area contributed by atoms with Crippen molar-refractivity contribution in [3.8, 4) is 0 Å².